The van der Waals surface area contributed by atoms with Crippen LogP contribution in [0, 0.1) is 22.7 Å². The first kappa shape index (κ1) is 20.9. The maximum absolute atomic E-state index is 13.9. The zero-order chi connectivity index (χ0) is 20.1. The fraction of sp³-hybridized carbons (Fsp3) is 0.609. The van der Waals surface area contributed by atoms with Crippen LogP contribution in [0.25, 0.3) is 0 Å². The normalized spacial score (nSPS) is 40.0. The molecular weight excluding hydrogens is 324 g/mol. The molecule has 2 rings (SSSR count). The van der Waals surface area contributed by atoms with Crippen LogP contribution in [0.2, 0.25) is 0 Å². The highest BCUT2D eigenvalue weighted by Crippen LogP contribution is 2.53. The molecule has 0 amide bonds. The van der Waals surface area contributed by atoms with E-state index in [1.165, 1.54) is 0 Å². The van der Waals surface area contributed by atoms with Crippen LogP contribution in [0.5, 0.6) is 0 Å². The number of ketones is 1. The molecule has 3 heteroatoms. The lowest BCUT2D eigenvalue weighted by atomic mass is 9.53. The number of Topliss-reactive ketones (excluding diaryl/α,β-unsaturated/α-hetero) is 1. The van der Waals surface area contributed by atoms with Crippen molar-refractivity contribution >= 4 is 5.78 Å². The Morgan fingerprint density at radius 1 is 0.769 bits per heavy atom. The summed E-state index contributed by atoms with van der Waals surface area (Å²) in [6.45, 7) is 15.1. The highest BCUT2D eigenvalue weighted by atomic mass is 16.3. The molecule has 0 aromatic carbocycles. The Morgan fingerprint density at radius 2 is 1.08 bits per heavy atom. The molecule has 0 fully saturated rings. The minimum absolute atomic E-state index is 0.114. The number of rotatable bonds is 4. The number of hydrogen-bond donors (Lipinski definition) is 2. The Balaban J connectivity index is 2.58. The Labute approximate surface area is 158 Å². The van der Waals surface area contributed by atoms with Crippen LogP contribution in [0.15, 0.2) is 47.6 Å². The quantitative estimate of drug-likeness (QED) is 0.784. The molecule has 3 nitrogen and oxygen atoms in total. The van der Waals surface area contributed by atoms with Crippen LogP contribution in [-0.2, 0) is 4.79 Å². The molecule has 0 spiro atoms. The summed E-state index contributed by atoms with van der Waals surface area (Å²) in [6, 6.07) is 0. The standard InChI is InChI=1S/C23H34O3/c1-15(2)17-11-9-13-20(5,22(17,7)25)19(24)21(6)14-10-12-18(16(3)4)23(21,8)26/h9-16,25-26H,1-8H3. The summed E-state index contributed by atoms with van der Waals surface area (Å²) in [5, 5.41) is 22.8. The third-order valence-corrected chi connectivity index (χ3v) is 6.74. The van der Waals surface area contributed by atoms with E-state index in [1.54, 1.807) is 39.8 Å². The smallest absolute Gasteiger partial charge is 0.158 e. The van der Waals surface area contributed by atoms with Gasteiger partial charge in [0.05, 0.1) is 22.0 Å². The third kappa shape index (κ3) is 2.68. The molecule has 0 bridgehead atoms. The van der Waals surface area contributed by atoms with Crippen molar-refractivity contribution in [3.05, 3.63) is 47.6 Å². The molecule has 4 atom stereocenters. The Kier molecular flexibility index (Phi) is 5.07. The molecule has 0 saturated carbocycles. The number of hydrogen-bond acceptors (Lipinski definition) is 3. The highest BCUT2D eigenvalue weighted by Gasteiger charge is 2.60. The van der Waals surface area contributed by atoms with Crippen molar-refractivity contribution < 1.29 is 15.0 Å². The van der Waals surface area contributed by atoms with E-state index in [-0.39, 0.29) is 17.6 Å². The van der Waals surface area contributed by atoms with Crippen LogP contribution in [0.1, 0.15) is 55.4 Å². The van der Waals surface area contributed by atoms with Crippen LogP contribution < -0.4 is 0 Å². The summed E-state index contributed by atoms with van der Waals surface area (Å²) < 4.78 is 0. The molecule has 2 aliphatic rings. The molecule has 0 radical (unpaired) electrons. The van der Waals surface area contributed by atoms with Crippen LogP contribution in [0.4, 0.5) is 0 Å². The molecule has 0 heterocycles. The van der Waals surface area contributed by atoms with Gasteiger partial charge in [0.25, 0.3) is 0 Å². The second-order valence-corrected chi connectivity index (χ2v) is 9.15. The topological polar surface area (TPSA) is 57.5 Å². The largest absolute Gasteiger partial charge is 0.384 e. The summed E-state index contributed by atoms with van der Waals surface area (Å²) in [5.74, 6) is 0.0526. The van der Waals surface area contributed by atoms with Gasteiger partial charge >= 0.3 is 0 Å². The molecule has 2 N–H and O–H groups in total. The predicted octanol–water partition coefficient (Wildman–Crippen LogP) is 4.37. The Bertz CT molecular complexity index is 656. The van der Waals surface area contributed by atoms with Crippen molar-refractivity contribution in [3.8, 4) is 0 Å². The maximum atomic E-state index is 13.9. The second-order valence-electron chi connectivity index (χ2n) is 9.15. The van der Waals surface area contributed by atoms with Crippen molar-refractivity contribution in [2.45, 2.75) is 66.6 Å². The molecule has 0 saturated heterocycles. The van der Waals surface area contributed by atoms with Gasteiger partial charge in [-0.25, -0.2) is 0 Å². The maximum Gasteiger partial charge on any atom is 0.158 e. The van der Waals surface area contributed by atoms with Crippen LogP contribution in [0.3, 0.4) is 0 Å². The molecule has 0 aliphatic heterocycles. The molecule has 0 aromatic rings. The molecule has 0 aromatic heterocycles. The number of aliphatic hydroxyl groups is 2. The van der Waals surface area contributed by atoms with Gasteiger partial charge in [-0.1, -0.05) is 64.2 Å². The van der Waals surface area contributed by atoms with E-state index in [0.717, 1.165) is 11.1 Å². The van der Waals surface area contributed by atoms with Gasteiger partial charge in [0.1, 0.15) is 0 Å². The van der Waals surface area contributed by atoms with Crippen molar-refractivity contribution in [2.24, 2.45) is 22.7 Å². The van der Waals surface area contributed by atoms with E-state index in [4.69, 9.17) is 0 Å². The first-order chi connectivity index (χ1) is 11.7. The Morgan fingerprint density at radius 3 is 1.35 bits per heavy atom. The summed E-state index contributed by atoms with van der Waals surface area (Å²) in [5.41, 5.74) is -3.25. The summed E-state index contributed by atoms with van der Waals surface area (Å²) in [4.78, 5) is 13.9. The number of carbonyl (C=O) groups excluding carboxylic acids is 1. The van der Waals surface area contributed by atoms with Crippen molar-refractivity contribution in [1.82, 2.24) is 0 Å². The SMILES string of the molecule is CC(C)C1=CC=CC(C)(C(=O)C2(C)C=CC=C(C(C)C)C2(C)O)C1(C)O. The fourth-order valence-corrected chi connectivity index (χ4v) is 4.58. The van der Waals surface area contributed by atoms with Gasteiger partial charge < -0.3 is 10.2 Å². The highest BCUT2D eigenvalue weighted by molar-refractivity contribution is 5.97. The van der Waals surface area contributed by atoms with Crippen molar-refractivity contribution in [2.75, 3.05) is 0 Å². The molecular formula is C23H34O3. The van der Waals surface area contributed by atoms with Gasteiger partial charge in [-0.2, -0.15) is 0 Å². The van der Waals surface area contributed by atoms with Crippen molar-refractivity contribution in [3.63, 3.8) is 0 Å². The van der Waals surface area contributed by atoms with E-state index < -0.39 is 22.0 Å². The Hall–Kier alpha value is -1.45. The second kappa shape index (κ2) is 6.31. The minimum Gasteiger partial charge on any atom is -0.384 e. The van der Waals surface area contributed by atoms with E-state index in [9.17, 15) is 15.0 Å². The number of allylic oxidation sites excluding steroid dienone is 4. The van der Waals surface area contributed by atoms with Gasteiger partial charge in [-0.3, -0.25) is 4.79 Å². The predicted molar refractivity (Wildman–Crippen MR) is 107 cm³/mol. The third-order valence-electron chi connectivity index (χ3n) is 6.74. The average Bonchev–Trinajstić information content (AvgIpc) is 2.51. The zero-order valence-corrected chi connectivity index (χ0v) is 17.4. The summed E-state index contributed by atoms with van der Waals surface area (Å²) in [7, 11) is 0. The lowest BCUT2D eigenvalue weighted by molar-refractivity contribution is -0.153. The summed E-state index contributed by atoms with van der Waals surface area (Å²) in [6.07, 6.45) is 11.1. The van der Waals surface area contributed by atoms with Gasteiger partial charge in [0.2, 0.25) is 0 Å². The van der Waals surface area contributed by atoms with Gasteiger partial charge in [-0.15, -0.1) is 0 Å². The lowest BCUT2D eigenvalue weighted by Gasteiger charge is -2.52. The minimum atomic E-state index is -1.32. The summed E-state index contributed by atoms with van der Waals surface area (Å²) >= 11 is 0. The molecule has 4 unspecified atom stereocenters. The lowest BCUT2D eigenvalue weighted by Crippen LogP contribution is -2.61. The first-order valence-corrected chi connectivity index (χ1v) is 9.53. The molecule has 144 valence electrons. The molecule has 26 heavy (non-hydrogen) atoms. The van der Waals surface area contributed by atoms with E-state index in [0.29, 0.717) is 0 Å². The number of carbonyl (C=O) groups is 1. The zero-order valence-electron chi connectivity index (χ0n) is 17.4. The van der Waals surface area contributed by atoms with Gasteiger partial charge in [-0.05, 0) is 50.7 Å². The van der Waals surface area contributed by atoms with E-state index in [1.807, 2.05) is 52.0 Å². The van der Waals surface area contributed by atoms with E-state index in [2.05, 4.69) is 0 Å². The molecule has 2 aliphatic carbocycles. The van der Waals surface area contributed by atoms with Crippen LogP contribution >= 0.6 is 0 Å². The van der Waals surface area contributed by atoms with Crippen LogP contribution in [-0.4, -0.2) is 27.2 Å². The average molecular weight is 359 g/mol. The first-order valence-electron chi connectivity index (χ1n) is 9.53. The fourth-order valence-electron chi connectivity index (χ4n) is 4.58. The van der Waals surface area contributed by atoms with Gasteiger partial charge in [0, 0.05) is 0 Å². The van der Waals surface area contributed by atoms with E-state index >= 15 is 0 Å². The monoisotopic (exact) mass is 358 g/mol. The van der Waals surface area contributed by atoms with Gasteiger partial charge in [0.15, 0.2) is 5.78 Å². The van der Waals surface area contributed by atoms with Crippen molar-refractivity contribution in [1.29, 1.82) is 0 Å².